The average Bonchev–Trinajstić information content (AvgIpc) is 1.69. The van der Waals surface area contributed by atoms with Crippen LogP contribution in [0.25, 0.3) is 0 Å². The molecule has 0 aliphatic heterocycles. The van der Waals surface area contributed by atoms with E-state index in [1.54, 1.807) is 0 Å². The molecule has 0 saturated heterocycles. The Morgan fingerprint density at radius 3 is 1.67 bits per heavy atom. The van der Waals surface area contributed by atoms with E-state index in [2.05, 4.69) is 0 Å². The van der Waals surface area contributed by atoms with Gasteiger partial charge in [-0.2, -0.15) is 4.90 Å². The van der Waals surface area contributed by atoms with E-state index in [0.717, 1.165) is 4.90 Å². The van der Waals surface area contributed by atoms with Crippen molar-refractivity contribution in [3.8, 4) is 0 Å². The van der Waals surface area contributed by atoms with Crippen molar-refractivity contribution in [1.29, 1.82) is 0 Å². The average molecular weight is 213 g/mol. The van der Waals surface area contributed by atoms with Crippen molar-refractivity contribution >= 4 is 35.7 Å². The number of benzene rings is 1. The van der Waals surface area contributed by atoms with Gasteiger partial charge in [0.05, 0.1) is 0 Å². The van der Waals surface area contributed by atoms with Gasteiger partial charge in [0.15, 0.2) is 0 Å². The largest absolute Gasteiger partial charge is 2.00 e. The zero-order valence-corrected chi connectivity index (χ0v) is 8.70. The molecule has 1 rings (SSSR count). The molecule has 0 N–H and O–H groups in total. The number of hydrogen-bond acceptors (Lipinski definition) is 1. The summed E-state index contributed by atoms with van der Waals surface area (Å²) in [6.07, 6.45) is 0. The van der Waals surface area contributed by atoms with Gasteiger partial charge >= 0.3 is 23.1 Å². The van der Waals surface area contributed by atoms with Gasteiger partial charge in [-0.15, -0.1) is 0 Å². The van der Waals surface area contributed by atoms with Crippen LogP contribution in [-0.2, 0) is 12.6 Å². The Balaban J connectivity index is 0. The summed E-state index contributed by atoms with van der Waals surface area (Å²) in [4.78, 5) is 0.905. The van der Waals surface area contributed by atoms with Crippen molar-refractivity contribution in [3.63, 3.8) is 0 Å². The van der Waals surface area contributed by atoms with Gasteiger partial charge in [0.2, 0.25) is 0 Å². The summed E-state index contributed by atoms with van der Waals surface area (Å²) in [7, 11) is 0. The van der Waals surface area contributed by atoms with Gasteiger partial charge in [-0.25, -0.2) is 0 Å². The van der Waals surface area contributed by atoms with Crippen molar-refractivity contribution in [2.45, 2.75) is 4.90 Å². The molecular formula is C6H5BrMgS. The Kier molecular flexibility index (Phi) is 9.35. The van der Waals surface area contributed by atoms with E-state index >= 15 is 0 Å². The van der Waals surface area contributed by atoms with E-state index in [0.29, 0.717) is 0 Å². The maximum atomic E-state index is 4.81. The van der Waals surface area contributed by atoms with Crippen LogP contribution >= 0.6 is 0 Å². The Morgan fingerprint density at radius 2 is 1.44 bits per heavy atom. The first-order valence-electron chi connectivity index (χ1n) is 2.11. The van der Waals surface area contributed by atoms with Crippen LogP contribution < -0.4 is 17.0 Å². The summed E-state index contributed by atoms with van der Waals surface area (Å²) < 4.78 is 0. The smallest absolute Gasteiger partial charge is 1.00 e. The van der Waals surface area contributed by atoms with Crippen LogP contribution in [0.15, 0.2) is 35.2 Å². The molecule has 0 bridgehead atoms. The molecule has 0 fully saturated rings. The Morgan fingerprint density at radius 1 is 1.00 bits per heavy atom. The fourth-order valence-electron chi connectivity index (χ4n) is 0.420. The monoisotopic (exact) mass is 212 g/mol. The number of rotatable bonds is 0. The molecule has 0 aliphatic carbocycles. The maximum absolute atomic E-state index is 4.81. The number of hydrogen-bond donors (Lipinski definition) is 0. The minimum Gasteiger partial charge on any atom is -1.00 e. The molecule has 0 nitrogen and oxygen atoms in total. The Labute approximate surface area is 87.4 Å². The second-order valence-electron chi connectivity index (χ2n) is 1.31. The van der Waals surface area contributed by atoms with E-state index in [1.807, 2.05) is 30.3 Å². The van der Waals surface area contributed by atoms with Crippen molar-refractivity contribution in [3.05, 3.63) is 30.3 Å². The van der Waals surface area contributed by atoms with E-state index in [1.165, 1.54) is 0 Å². The molecule has 3 heteroatoms. The topological polar surface area (TPSA) is 0 Å². The molecule has 0 amide bonds. The molecule has 0 atom stereocenters. The van der Waals surface area contributed by atoms with E-state index < -0.39 is 0 Å². The van der Waals surface area contributed by atoms with Gasteiger partial charge in [-0.05, 0) is 0 Å². The normalized spacial score (nSPS) is 6.67. The van der Waals surface area contributed by atoms with Crippen molar-refractivity contribution < 1.29 is 17.0 Å². The van der Waals surface area contributed by atoms with Gasteiger partial charge in [0.25, 0.3) is 0 Å². The predicted molar refractivity (Wildman–Crippen MR) is 37.8 cm³/mol. The summed E-state index contributed by atoms with van der Waals surface area (Å²) in [6.45, 7) is 0. The fraction of sp³-hybridized carbons (Fsp3) is 0. The molecule has 0 spiro atoms. The van der Waals surface area contributed by atoms with Crippen LogP contribution in [0.3, 0.4) is 0 Å². The van der Waals surface area contributed by atoms with Crippen molar-refractivity contribution in [2.24, 2.45) is 0 Å². The molecule has 0 saturated carbocycles. The molecule has 1 aromatic rings. The zero-order chi connectivity index (χ0) is 5.11. The van der Waals surface area contributed by atoms with Crippen LogP contribution in [-0.4, -0.2) is 23.1 Å². The molecule has 9 heavy (non-hydrogen) atoms. The first kappa shape index (κ1) is 12.4. The Hall–Kier alpha value is 0.686. The van der Waals surface area contributed by atoms with Crippen LogP contribution in [0.2, 0.25) is 0 Å². The summed E-state index contributed by atoms with van der Waals surface area (Å²) in [5, 5.41) is 0. The molecule has 0 heterocycles. The second kappa shape index (κ2) is 6.80. The molecule has 0 aliphatic rings. The summed E-state index contributed by atoms with van der Waals surface area (Å²) in [6, 6.07) is 9.62. The third-order valence-corrected chi connectivity index (χ3v) is 1.02. The van der Waals surface area contributed by atoms with E-state index in [-0.39, 0.29) is 40.0 Å². The third-order valence-electron chi connectivity index (χ3n) is 0.743. The molecule has 44 valence electrons. The minimum absolute atomic E-state index is 0. The molecule has 0 radical (unpaired) electrons. The SMILES string of the molecule is [Br-].[Mg+2].[S-]c1ccccc1. The molecule has 0 aromatic heterocycles. The van der Waals surface area contributed by atoms with E-state index in [4.69, 9.17) is 12.6 Å². The van der Waals surface area contributed by atoms with Crippen LogP contribution in [0.5, 0.6) is 0 Å². The first-order valence-corrected chi connectivity index (χ1v) is 2.52. The number of halogens is 1. The van der Waals surface area contributed by atoms with Crippen molar-refractivity contribution in [2.75, 3.05) is 0 Å². The second-order valence-corrected chi connectivity index (χ2v) is 1.78. The standard InChI is InChI=1S/C6H6S.BrH.Mg/c7-6-4-2-1-3-5-6;;/h1-5,7H;1H;/q;;+2/p-2. The summed E-state index contributed by atoms with van der Waals surface area (Å²) >= 11 is 4.81. The molecule has 1 aromatic carbocycles. The van der Waals surface area contributed by atoms with Crippen molar-refractivity contribution in [1.82, 2.24) is 0 Å². The predicted octanol–water partition coefficient (Wildman–Crippen LogP) is -1.78. The minimum atomic E-state index is 0. The van der Waals surface area contributed by atoms with Gasteiger partial charge in [-0.1, -0.05) is 30.3 Å². The van der Waals surface area contributed by atoms with Gasteiger partial charge in [-0.3, -0.25) is 0 Å². The molecule has 0 unspecified atom stereocenters. The van der Waals surface area contributed by atoms with Crippen LogP contribution in [0.4, 0.5) is 0 Å². The zero-order valence-electron chi connectivity index (χ0n) is 4.88. The fourth-order valence-corrected chi connectivity index (χ4v) is 0.578. The Bertz CT molecular complexity index is 143. The van der Waals surface area contributed by atoms with Crippen LogP contribution in [0, 0.1) is 0 Å². The van der Waals surface area contributed by atoms with Gasteiger partial charge in [0.1, 0.15) is 0 Å². The maximum Gasteiger partial charge on any atom is 2.00 e. The third kappa shape index (κ3) is 5.15. The summed E-state index contributed by atoms with van der Waals surface area (Å²) in [5.74, 6) is 0. The van der Waals surface area contributed by atoms with Gasteiger partial charge < -0.3 is 29.6 Å². The quantitative estimate of drug-likeness (QED) is 0.363. The molecular weight excluding hydrogens is 208 g/mol. The summed E-state index contributed by atoms with van der Waals surface area (Å²) in [5.41, 5.74) is 0. The van der Waals surface area contributed by atoms with E-state index in [9.17, 15) is 0 Å². The first-order chi connectivity index (χ1) is 3.39. The van der Waals surface area contributed by atoms with Crippen LogP contribution in [0.1, 0.15) is 0 Å². The van der Waals surface area contributed by atoms with Gasteiger partial charge in [0, 0.05) is 0 Å².